The molecule has 1 aliphatic rings. The van der Waals surface area contributed by atoms with Crippen molar-refractivity contribution >= 4 is 27.2 Å². The van der Waals surface area contributed by atoms with Gasteiger partial charge in [-0.2, -0.15) is 4.37 Å². The molecule has 4 rings (SSSR count). The monoisotopic (exact) mass is 265 g/mol. The number of benzene rings is 2. The largest absolute Gasteiger partial charge is 0.384 e. The second kappa shape index (κ2) is 4.02. The summed E-state index contributed by atoms with van der Waals surface area (Å²) in [6.45, 7) is 0. The summed E-state index contributed by atoms with van der Waals surface area (Å²) in [5.41, 5.74) is 4.07. The van der Waals surface area contributed by atoms with Gasteiger partial charge in [-0.15, -0.1) is 0 Å². The minimum Gasteiger partial charge on any atom is -0.384 e. The number of hydrogen-bond acceptors (Lipinski definition) is 3. The molecule has 3 aromatic rings. The van der Waals surface area contributed by atoms with E-state index in [2.05, 4.69) is 16.5 Å². The van der Waals surface area contributed by atoms with Gasteiger partial charge in [0, 0.05) is 11.0 Å². The van der Waals surface area contributed by atoms with Crippen molar-refractivity contribution < 1.29 is 5.11 Å². The van der Waals surface area contributed by atoms with Crippen LogP contribution in [0.1, 0.15) is 22.9 Å². The van der Waals surface area contributed by atoms with Gasteiger partial charge in [0.1, 0.15) is 0 Å². The molecule has 1 N–H and O–H groups in total. The highest BCUT2D eigenvalue weighted by molar-refractivity contribution is 7.13. The van der Waals surface area contributed by atoms with Gasteiger partial charge in [-0.1, -0.05) is 42.5 Å². The average Bonchev–Trinajstić information content (AvgIpc) is 3.01. The summed E-state index contributed by atoms with van der Waals surface area (Å²) in [6.07, 6.45) is 1.37. The minimum absolute atomic E-state index is 0.522. The Morgan fingerprint density at radius 1 is 1.00 bits per heavy atom. The first-order valence-corrected chi connectivity index (χ1v) is 6.96. The third-order valence-corrected chi connectivity index (χ3v) is 4.35. The summed E-state index contributed by atoms with van der Waals surface area (Å²) < 4.78 is 5.75. The number of aliphatic hydroxyl groups excluding tert-OH is 1. The van der Waals surface area contributed by atoms with Crippen LogP contribution in [-0.2, 0) is 0 Å². The van der Waals surface area contributed by atoms with E-state index in [0.717, 1.165) is 27.8 Å². The lowest BCUT2D eigenvalue weighted by Crippen LogP contribution is -1.89. The molecule has 1 aliphatic carbocycles. The van der Waals surface area contributed by atoms with Crippen LogP contribution in [0.5, 0.6) is 0 Å². The van der Waals surface area contributed by atoms with Gasteiger partial charge in [0.25, 0.3) is 0 Å². The normalized spacial score (nSPS) is 17.5. The summed E-state index contributed by atoms with van der Waals surface area (Å²) in [5, 5.41) is 11.3. The quantitative estimate of drug-likeness (QED) is 0.726. The Bertz CT molecular complexity index is 803. The highest BCUT2D eigenvalue weighted by Gasteiger charge is 2.24. The molecule has 2 aromatic carbocycles. The fourth-order valence-electron chi connectivity index (χ4n) is 2.62. The second-order valence-corrected chi connectivity index (χ2v) is 5.44. The lowest BCUT2D eigenvalue weighted by atomic mass is 10.0. The van der Waals surface area contributed by atoms with Crippen LogP contribution in [0.2, 0.25) is 0 Å². The maximum atomic E-state index is 10.1. The molecule has 0 fully saturated rings. The third kappa shape index (κ3) is 1.56. The van der Waals surface area contributed by atoms with Crippen LogP contribution >= 0.6 is 11.5 Å². The highest BCUT2D eigenvalue weighted by Crippen LogP contribution is 2.40. The Hall–Kier alpha value is -1.97. The molecule has 1 aromatic heterocycles. The van der Waals surface area contributed by atoms with E-state index in [9.17, 15) is 5.11 Å². The van der Waals surface area contributed by atoms with E-state index in [4.69, 9.17) is 0 Å². The summed E-state index contributed by atoms with van der Waals surface area (Å²) in [7, 11) is 0. The molecule has 0 saturated carbocycles. The zero-order valence-corrected chi connectivity index (χ0v) is 10.9. The molecule has 0 spiro atoms. The SMILES string of the molecule is OC1C=C(c2nsc3ccccc23)c2ccccc21. The van der Waals surface area contributed by atoms with E-state index >= 15 is 0 Å². The molecule has 1 unspecified atom stereocenters. The topological polar surface area (TPSA) is 33.1 Å². The zero-order valence-electron chi connectivity index (χ0n) is 10.1. The standard InChI is InChI=1S/C16H11NOS/c18-14-9-13(10-5-1-2-6-11(10)14)16-12-7-3-4-8-15(12)19-17-16/h1-9,14,18H. The number of rotatable bonds is 1. The van der Waals surface area contributed by atoms with Crippen molar-refractivity contribution in [1.29, 1.82) is 0 Å². The minimum atomic E-state index is -0.522. The molecule has 0 bridgehead atoms. The van der Waals surface area contributed by atoms with E-state index in [-0.39, 0.29) is 0 Å². The second-order valence-electron chi connectivity index (χ2n) is 4.64. The molecule has 1 heterocycles. The van der Waals surface area contributed by atoms with Crippen LogP contribution in [0.25, 0.3) is 15.7 Å². The van der Waals surface area contributed by atoms with Gasteiger partial charge in [-0.25, -0.2) is 0 Å². The smallest absolute Gasteiger partial charge is 0.0987 e. The van der Waals surface area contributed by atoms with Crippen molar-refractivity contribution in [2.24, 2.45) is 0 Å². The fourth-order valence-corrected chi connectivity index (χ4v) is 3.41. The number of nitrogens with zero attached hydrogens (tertiary/aromatic N) is 1. The van der Waals surface area contributed by atoms with Crippen molar-refractivity contribution in [2.45, 2.75) is 6.10 Å². The zero-order chi connectivity index (χ0) is 12.8. The van der Waals surface area contributed by atoms with E-state index in [0.29, 0.717) is 0 Å². The van der Waals surface area contributed by atoms with E-state index in [1.54, 1.807) is 0 Å². The molecular formula is C16H11NOS. The Kier molecular flexibility index (Phi) is 2.31. The first kappa shape index (κ1) is 10.9. The first-order chi connectivity index (χ1) is 9.34. The summed E-state index contributed by atoms with van der Waals surface area (Å²) >= 11 is 1.50. The molecule has 3 heteroatoms. The van der Waals surface area contributed by atoms with Gasteiger partial charge >= 0.3 is 0 Å². The van der Waals surface area contributed by atoms with E-state index in [1.807, 2.05) is 42.5 Å². The van der Waals surface area contributed by atoms with Crippen LogP contribution in [-0.4, -0.2) is 9.48 Å². The number of hydrogen-bond donors (Lipinski definition) is 1. The van der Waals surface area contributed by atoms with Crippen molar-refractivity contribution in [3.63, 3.8) is 0 Å². The van der Waals surface area contributed by atoms with Crippen LogP contribution < -0.4 is 0 Å². The molecule has 0 aliphatic heterocycles. The van der Waals surface area contributed by atoms with Crippen molar-refractivity contribution in [1.82, 2.24) is 4.37 Å². The summed E-state index contributed by atoms with van der Waals surface area (Å²) in [4.78, 5) is 0. The van der Waals surface area contributed by atoms with Crippen molar-refractivity contribution in [2.75, 3.05) is 0 Å². The molecule has 1 atom stereocenters. The van der Waals surface area contributed by atoms with Crippen molar-refractivity contribution in [3.05, 3.63) is 71.4 Å². The number of aliphatic hydroxyl groups is 1. The summed E-state index contributed by atoms with van der Waals surface area (Å²) in [5.74, 6) is 0. The Balaban J connectivity index is 1.97. The van der Waals surface area contributed by atoms with Gasteiger partial charge in [0.05, 0.1) is 16.5 Å². The fraction of sp³-hybridized carbons (Fsp3) is 0.0625. The third-order valence-electron chi connectivity index (χ3n) is 3.53. The van der Waals surface area contributed by atoms with Crippen LogP contribution in [0, 0.1) is 0 Å². The predicted octanol–water partition coefficient (Wildman–Crippen LogP) is 3.78. The lowest BCUT2D eigenvalue weighted by Gasteiger charge is -2.04. The predicted molar refractivity (Wildman–Crippen MR) is 78.1 cm³/mol. The van der Waals surface area contributed by atoms with Gasteiger partial charge in [0.2, 0.25) is 0 Å². The van der Waals surface area contributed by atoms with Gasteiger partial charge in [-0.05, 0) is 34.8 Å². The van der Waals surface area contributed by atoms with Gasteiger partial charge in [0.15, 0.2) is 0 Å². The maximum Gasteiger partial charge on any atom is 0.0987 e. The van der Waals surface area contributed by atoms with Crippen LogP contribution in [0.3, 0.4) is 0 Å². The molecule has 0 amide bonds. The van der Waals surface area contributed by atoms with Crippen LogP contribution in [0.4, 0.5) is 0 Å². The molecule has 0 radical (unpaired) electrons. The molecule has 2 nitrogen and oxygen atoms in total. The number of aromatic nitrogens is 1. The highest BCUT2D eigenvalue weighted by atomic mass is 32.1. The summed E-state index contributed by atoms with van der Waals surface area (Å²) in [6, 6.07) is 16.2. The number of fused-ring (bicyclic) bond motifs is 2. The molecular weight excluding hydrogens is 254 g/mol. The average molecular weight is 265 g/mol. The molecule has 0 saturated heterocycles. The Morgan fingerprint density at radius 2 is 1.79 bits per heavy atom. The van der Waals surface area contributed by atoms with Gasteiger partial charge in [-0.3, -0.25) is 0 Å². The van der Waals surface area contributed by atoms with E-state index in [1.165, 1.54) is 16.2 Å². The van der Waals surface area contributed by atoms with Crippen LogP contribution in [0.15, 0.2) is 54.6 Å². The maximum absolute atomic E-state index is 10.1. The molecule has 19 heavy (non-hydrogen) atoms. The first-order valence-electron chi connectivity index (χ1n) is 6.18. The Morgan fingerprint density at radius 3 is 2.74 bits per heavy atom. The van der Waals surface area contributed by atoms with E-state index < -0.39 is 6.10 Å². The van der Waals surface area contributed by atoms with Crippen molar-refractivity contribution in [3.8, 4) is 0 Å². The van der Waals surface area contributed by atoms with Gasteiger partial charge < -0.3 is 5.11 Å². The molecule has 92 valence electrons. The Labute approximate surface area is 114 Å². The lowest BCUT2D eigenvalue weighted by molar-refractivity contribution is 0.232.